The summed E-state index contributed by atoms with van der Waals surface area (Å²) >= 11 is 0. The van der Waals surface area contributed by atoms with Crippen LogP contribution < -0.4 is 0 Å². The third-order valence-electron chi connectivity index (χ3n) is 3.33. The molecule has 1 atom stereocenters. The van der Waals surface area contributed by atoms with Gasteiger partial charge in [0.05, 0.1) is 13.2 Å². The second-order valence-corrected chi connectivity index (χ2v) is 4.58. The molecule has 0 saturated carbocycles. The van der Waals surface area contributed by atoms with Crippen molar-refractivity contribution in [1.82, 2.24) is 0 Å². The summed E-state index contributed by atoms with van der Waals surface area (Å²) in [5.74, 6) is -2.95. The van der Waals surface area contributed by atoms with E-state index in [-0.39, 0.29) is 19.6 Å². The van der Waals surface area contributed by atoms with Crippen molar-refractivity contribution >= 4 is 11.9 Å². The highest BCUT2D eigenvalue weighted by Crippen LogP contribution is 2.35. The zero-order chi connectivity index (χ0) is 15.9. The van der Waals surface area contributed by atoms with Gasteiger partial charge in [0.2, 0.25) is 0 Å². The summed E-state index contributed by atoms with van der Waals surface area (Å²) in [4.78, 5) is 24.3. The Morgan fingerprint density at radius 1 is 1.05 bits per heavy atom. The number of hydrogen-bond acceptors (Lipinski definition) is 5. The van der Waals surface area contributed by atoms with Crippen LogP contribution in [0, 0.1) is 5.92 Å². The van der Waals surface area contributed by atoms with E-state index in [4.69, 9.17) is 9.47 Å². The van der Waals surface area contributed by atoms with Crippen LogP contribution in [0.4, 0.5) is 0 Å². The van der Waals surface area contributed by atoms with Gasteiger partial charge in [-0.25, -0.2) is 0 Å². The number of carbonyl (C=O) groups excluding carboxylic acids is 2. The zero-order valence-electron chi connectivity index (χ0n) is 12.7. The molecule has 0 spiro atoms. The molecule has 1 aromatic rings. The minimum Gasteiger partial charge on any atom is -0.465 e. The molecule has 1 N–H and O–H groups in total. The molecular weight excluding hydrogens is 272 g/mol. The van der Waals surface area contributed by atoms with Gasteiger partial charge in [0, 0.05) is 0 Å². The molecule has 1 unspecified atom stereocenters. The maximum absolute atomic E-state index is 12.2. The third kappa shape index (κ3) is 3.82. The predicted molar refractivity (Wildman–Crippen MR) is 77.4 cm³/mol. The van der Waals surface area contributed by atoms with Crippen molar-refractivity contribution in [2.45, 2.75) is 32.8 Å². The van der Waals surface area contributed by atoms with Crippen molar-refractivity contribution < 1.29 is 24.2 Å². The molecule has 21 heavy (non-hydrogen) atoms. The molecule has 0 fully saturated rings. The average molecular weight is 294 g/mol. The SMILES string of the molecule is CCOC(=O)C(C(=O)OCC)C(O)(CC)c1ccccc1. The largest absolute Gasteiger partial charge is 0.465 e. The van der Waals surface area contributed by atoms with E-state index >= 15 is 0 Å². The monoisotopic (exact) mass is 294 g/mol. The lowest BCUT2D eigenvalue weighted by Gasteiger charge is -2.32. The van der Waals surface area contributed by atoms with Crippen LogP contribution in [0.3, 0.4) is 0 Å². The van der Waals surface area contributed by atoms with Gasteiger partial charge in [0.1, 0.15) is 5.60 Å². The molecule has 0 aliphatic rings. The van der Waals surface area contributed by atoms with E-state index in [1.807, 2.05) is 0 Å². The van der Waals surface area contributed by atoms with Crippen molar-refractivity contribution in [3.8, 4) is 0 Å². The Balaban J connectivity index is 3.25. The molecule has 0 saturated heterocycles. The standard InChI is InChI=1S/C16H22O5/c1-4-16(19,12-10-8-7-9-11-12)13(14(17)20-5-2)15(18)21-6-3/h7-11,13,19H,4-6H2,1-3H3. The smallest absolute Gasteiger partial charge is 0.323 e. The Morgan fingerprint density at radius 3 is 1.90 bits per heavy atom. The van der Waals surface area contributed by atoms with Crippen LogP contribution in [0.2, 0.25) is 0 Å². The molecule has 5 nitrogen and oxygen atoms in total. The van der Waals surface area contributed by atoms with E-state index in [0.29, 0.717) is 5.56 Å². The second-order valence-electron chi connectivity index (χ2n) is 4.58. The van der Waals surface area contributed by atoms with Gasteiger partial charge in [-0.05, 0) is 25.8 Å². The first-order valence-electron chi connectivity index (χ1n) is 7.12. The van der Waals surface area contributed by atoms with E-state index in [0.717, 1.165) is 0 Å². The highest BCUT2D eigenvalue weighted by Gasteiger charge is 2.48. The number of rotatable bonds is 7. The lowest BCUT2D eigenvalue weighted by Crippen LogP contribution is -2.46. The third-order valence-corrected chi connectivity index (χ3v) is 3.33. The Bertz CT molecular complexity index is 453. The van der Waals surface area contributed by atoms with E-state index in [9.17, 15) is 14.7 Å². The van der Waals surface area contributed by atoms with Crippen LogP contribution in [0.25, 0.3) is 0 Å². The predicted octanol–water partition coefficient (Wildman–Crippen LogP) is 2.03. The van der Waals surface area contributed by atoms with Crippen molar-refractivity contribution in [2.75, 3.05) is 13.2 Å². The van der Waals surface area contributed by atoms with Gasteiger partial charge in [-0.3, -0.25) is 9.59 Å². The molecule has 0 amide bonds. The number of esters is 2. The van der Waals surface area contributed by atoms with Gasteiger partial charge < -0.3 is 14.6 Å². The lowest BCUT2D eigenvalue weighted by atomic mass is 9.79. The summed E-state index contributed by atoms with van der Waals surface area (Å²) in [6.45, 7) is 5.26. The summed E-state index contributed by atoms with van der Waals surface area (Å²) in [6, 6.07) is 8.62. The minimum absolute atomic E-state index is 0.128. The molecule has 0 heterocycles. The first-order valence-corrected chi connectivity index (χ1v) is 7.12. The Hall–Kier alpha value is -1.88. The fourth-order valence-corrected chi connectivity index (χ4v) is 2.24. The number of hydrogen-bond donors (Lipinski definition) is 1. The van der Waals surface area contributed by atoms with Gasteiger partial charge in [-0.2, -0.15) is 0 Å². The summed E-state index contributed by atoms with van der Waals surface area (Å²) in [6.07, 6.45) is 0.180. The van der Waals surface area contributed by atoms with Crippen molar-refractivity contribution in [3.63, 3.8) is 0 Å². The summed E-state index contributed by atoms with van der Waals surface area (Å²) < 4.78 is 9.88. The second kappa shape index (κ2) is 7.78. The molecule has 1 rings (SSSR count). The van der Waals surface area contributed by atoms with Crippen LogP contribution in [0.15, 0.2) is 30.3 Å². The van der Waals surface area contributed by atoms with E-state index in [2.05, 4.69) is 0 Å². The van der Waals surface area contributed by atoms with E-state index in [1.54, 1.807) is 51.1 Å². The van der Waals surface area contributed by atoms with Gasteiger partial charge in [0.15, 0.2) is 5.92 Å². The number of aliphatic hydroxyl groups is 1. The Kier molecular flexibility index (Phi) is 6.37. The summed E-state index contributed by atoms with van der Waals surface area (Å²) in [5, 5.41) is 10.9. The topological polar surface area (TPSA) is 72.8 Å². The molecule has 0 aliphatic heterocycles. The van der Waals surface area contributed by atoms with Crippen molar-refractivity contribution in [3.05, 3.63) is 35.9 Å². The average Bonchev–Trinajstić information content (AvgIpc) is 2.48. The van der Waals surface area contributed by atoms with E-state index < -0.39 is 23.5 Å². The number of carbonyl (C=O) groups is 2. The van der Waals surface area contributed by atoms with E-state index in [1.165, 1.54) is 0 Å². The molecule has 1 aromatic carbocycles. The summed E-state index contributed by atoms with van der Waals surface area (Å²) in [5.41, 5.74) is -1.17. The summed E-state index contributed by atoms with van der Waals surface area (Å²) in [7, 11) is 0. The first kappa shape index (κ1) is 17.2. The number of ether oxygens (including phenoxy) is 2. The molecule has 0 aliphatic carbocycles. The van der Waals surface area contributed by atoms with Crippen LogP contribution in [0.1, 0.15) is 32.8 Å². The zero-order valence-corrected chi connectivity index (χ0v) is 12.7. The fourth-order valence-electron chi connectivity index (χ4n) is 2.24. The first-order chi connectivity index (χ1) is 10.0. The van der Waals surface area contributed by atoms with Gasteiger partial charge >= 0.3 is 11.9 Å². The molecule has 0 aromatic heterocycles. The quantitative estimate of drug-likeness (QED) is 0.615. The maximum atomic E-state index is 12.2. The maximum Gasteiger partial charge on any atom is 0.323 e. The Morgan fingerprint density at radius 2 is 1.52 bits per heavy atom. The lowest BCUT2D eigenvalue weighted by molar-refractivity contribution is -0.176. The van der Waals surface area contributed by atoms with Gasteiger partial charge in [-0.1, -0.05) is 37.3 Å². The van der Waals surface area contributed by atoms with Crippen LogP contribution in [-0.2, 0) is 24.7 Å². The molecule has 0 radical (unpaired) electrons. The highest BCUT2D eigenvalue weighted by atomic mass is 16.6. The normalized spacial score (nSPS) is 13.6. The molecule has 116 valence electrons. The Labute approximate surface area is 124 Å². The van der Waals surface area contributed by atoms with Crippen LogP contribution in [0.5, 0.6) is 0 Å². The van der Waals surface area contributed by atoms with Crippen molar-refractivity contribution in [1.29, 1.82) is 0 Å². The van der Waals surface area contributed by atoms with Gasteiger partial charge in [-0.15, -0.1) is 0 Å². The minimum atomic E-state index is -1.65. The number of benzene rings is 1. The van der Waals surface area contributed by atoms with Crippen molar-refractivity contribution in [2.24, 2.45) is 5.92 Å². The fraction of sp³-hybridized carbons (Fsp3) is 0.500. The van der Waals surface area contributed by atoms with Crippen LogP contribution >= 0.6 is 0 Å². The van der Waals surface area contributed by atoms with Gasteiger partial charge in [0.25, 0.3) is 0 Å². The molecule has 5 heteroatoms. The molecular formula is C16H22O5. The highest BCUT2D eigenvalue weighted by molar-refractivity contribution is 5.96. The molecule has 0 bridgehead atoms. The van der Waals surface area contributed by atoms with Crippen LogP contribution in [-0.4, -0.2) is 30.3 Å².